The summed E-state index contributed by atoms with van der Waals surface area (Å²) in [5, 5.41) is 4.16. The molecule has 2 aromatic rings. The van der Waals surface area contributed by atoms with E-state index in [0.717, 1.165) is 0 Å². The summed E-state index contributed by atoms with van der Waals surface area (Å²) in [6.07, 6.45) is 0. The topological polar surface area (TPSA) is 108 Å². The first-order valence-corrected chi connectivity index (χ1v) is 8.14. The average Bonchev–Trinajstić information content (AvgIpc) is 3.19. The predicted octanol–water partition coefficient (Wildman–Crippen LogP) is 2.12. The molecule has 0 radical (unpaired) electrons. The minimum Gasteiger partial charge on any atom is -0.465 e. The monoisotopic (exact) mass is 377 g/mol. The first-order valence-electron chi connectivity index (χ1n) is 7.26. The summed E-state index contributed by atoms with van der Waals surface area (Å²) in [6, 6.07) is 7.21. The first kappa shape index (κ1) is 19.1. The predicted molar refractivity (Wildman–Crippen MR) is 92.4 cm³/mol. The number of benzene rings is 1. The van der Waals surface area contributed by atoms with Crippen LogP contribution in [0.2, 0.25) is 0 Å². The molecule has 0 aliphatic heterocycles. The number of ether oxygens (including phenoxy) is 3. The largest absolute Gasteiger partial charge is 0.465 e. The van der Waals surface area contributed by atoms with Gasteiger partial charge >= 0.3 is 17.9 Å². The van der Waals surface area contributed by atoms with Gasteiger partial charge in [-0.1, -0.05) is 6.07 Å². The Balaban J connectivity index is 2.09. The minimum absolute atomic E-state index is 0.0567. The summed E-state index contributed by atoms with van der Waals surface area (Å²) in [7, 11) is 2.38. The normalized spacial score (nSPS) is 9.92. The lowest BCUT2D eigenvalue weighted by molar-refractivity contribution is -0.119. The summed E-state index contributed by atoms with van der Waals surface area (Å²) in [6.45, 7) is -0.521. The maximum atomic E-state index is 12.0. The molecule has 0 unspecified atom stereocenters. The summed E-state index contributed by atoms with van der Waals surface area (Å²) in [5.74, 6) is -2.62. The SMILES string of the molecule is COC(=O)c1cc(NC(=O)COC(=O)c2cccs2)cc(C(=O)OC)c1. The molecule has 136 valence electrons. The summed E-state index contributed by atoms with van der Waals surface area (Å²) < 4.78 is 14.1. The van der Waals surface area contributed by atoms with Crippen molar-refractivity contribution in [2.45, 2.75) is 0 Å². The number of esters is 3. The summed E-state index contributed by atoms with van der Waals surface area (Å²) in [5.41, 5.74) is 0.271. The average molecular weight is 377 g/mol. The third-order valence-corrected chi connectivity index (χ3v) is 3.97. The van der Waals surface area contributed by atoms with Gasteiger partial charge in [0, 0.05) is 5.69 Å². The Labute approximate surface area is 152 Å². The lowest BCUT2D eigenvalue weighted by atomic mass is 10.1. The van der Waals surface area contributed by atoms with Gasteiger partial charge in [0.25, 0.3) is 5.91 Å². The number of anilines is 1. The Kier molecular flexibility index (Phi) is 6.45. The van der Waals surface area contributed by atoms with Gasteiger partial charge in [-0.2, -0.15) is 0 Å². The van der Waals surface area contributed by atoms with Crippen LogP contribution in [0.1, 0.15) is 30.4 Å². The Morgan fingerprint density at radius 3 is 2.08 bits per heavy atom. The second-order valence-electron chi connectivity index (χ2n) is 4.88. The van der Waals surface area contributed by atoms with Gasteiger partial charge in [-0.3, -0.25) is 4.79 Å². The van der Waals surface area contributed by atoms with Gasteiger partial charge in [-0.15, -0.1) is 11.3 Å². The van der Waals surface area contributed by atoms with Crippen molar-refractivity contribution in [3.63, 3.8) is 0 Å². The first-order chi connectivity index (χ1) is 12.4. The molecule has 26 heavy (non-hydrogen) atoms. The van der Waals surface area contributed by atoms with E-state index in [0.29, 0.717) is 4.88 Å². The molecule has 1 aromatic carbocycles. The fraction of sp³-hybridized carbons (Fsp3) is 0.176. The highest BCUT2D eigenvalue weighted by Gasteiger charge is 2.16. The van der Waals surface area contributed by atoms with E-state index in [9.17, 15) is 19.2 Å². The molecule has 0 atom stereocenters. The third kappa shape index (κ3) is 4.90. The number of carbonyl (C=O) groups excluding carboxylic acids is 4. The zero-order valence-electron chi connectivity index (χ0n) is 13.9. The zero-order valence-corrected chi connectivity index (χ0v) is 14.8. The number of nitrogens with one attached hydrogen (secondary N) is 1. The van der Waals surface area contributed by atoms with Crippen molar-refractivity contribution in [2.24, 2.45) is 0 Å². The molecular formula is C17H15NO7S. The van der Waals surface area contributed by atoms with Crippen molar-refractivity contribution in [3.8, 4) is 0 Å². The molecule has 0 bridgehead atoms. The van der Waals surface area contributed by atoms with Crippen molar-refractivity contribution in [3.05, 3.63) is 51.7 Å². The maximum absolute atomic E-state index is 12.0. The van der Waals surface area contributed by atoms with Gasteiger partial charge in [-0.25, -0.2) is 14.4 Å². The van der Waals surface area contributed by atoms with Crippen molar-refractivity contribution in [1.82, 2.24) is 0 Å². The molecule has 0 fully saturated rings. The van der Waals surface area contributed by atoms with E-state index >= 15 is 0 Å². The van der Waals surface area contributed by atoms with Gasteiger partial charge < -0.3 is 19.5 Å². The molecule has 0 aliphatic carbocycles. The van der Waals surface area contributed by atoms with Crippen LogP contribution < -0.4 is 5.32 Å². The molecule has 1 amide bonds. The standard InChI is InChI=1S/C17H15NO7S/c1-23-15(20)10-6-11(16(21)24-2)8-12(7-10)18-14(19)9-25-17(22)13-4-3-5-26-13/h3-8H,9H2,1-2H3,(H,18,19). The molecule has 2 rings (SSSR count). The second kappa shape index (κ2) is 8.77. The van der Waals surface area contributed by atoms with Crippen LogP contribution in [0.4, 0.5) is 5.69 Å². The van der Waals surface area contributed by atoms with E-state index in [1.165, 1.54) is 43.8 Å². The minimum atomic E-state index is -0.685. The molecule has 1 heterocycles. The van der Waals surface area contributed by atoms with Crippen molar-refractivity contribution >= 4 is 40.8 Å². The molecule has 1 aromatic heterocycles. The molecule has 0 aliphatic rings. The van der Waals surface area contributed by atoms with Crippen LogP contribution >= 0.6 is 11.3 Å². The molecule has 8 nitrogen and oxygen atoms in total. The molecular weight excluding hydrogens is 362 g/mol. The van der Waals surface area contributed by atoms with Crippen LogP contribution in [0.3, 0.4) is 0 Å². The lowest BCUT2D eigenvalue weighted by Gasteiger charge is -2.09. The van der Waals surface area contributed by atoms with Gasteiger partial charge in [0.05, 0.1) is 25.3 Å². The Hall–Kier alpha value is -3.20. The lowest BCUT2D eigenvalue weighted by Crippen LogP contribution is -2.21. The molecule has 0 saturated carbocycles. The van der Waals surface area contributed by atoms with Crippen LogP contribution in [-0.4, -0.2) is 44.6 Å². The van der Waals surface area contributed by atoms with E-state index in [-0.39, 0.29) is 16.8 Å². The highest BCUT2D eigenvalue weighted by Crippen LogP contribution is 2.17. The zero-order chi connectivity index (χ0) is 19.1. The number of hydrogen-bond donors (Lipinski definition) is 1. The van der Waals surface area contributed by atoms with E-state index in [2.05, 4.69) is 14.8 Å². The van der Waals surface area contributed by atoms with Crippen LogP contribution in [-0.2, 0) is 19.0 Å². The van der Waals surface area contributed by atoms with Crippen LogP contribution in [0.25, 0.3) is 0 Å². The third-order valence-electron chi connectivity index (χ3n) is 3.12. The van der Waals surface area contributed by atoms with Gasteiger partial charge in [0.2, 0.25) is 0 Å². The van der Waals surface area contributed by atoms with Gasteiger partial charge in [0.1, 0.15) is 4.88 Å². The quantitative estimate of drug-likeness (QED) is 0.607. The fourth-order valence-electron chi connectivity index (χ4n) is 1.97. The number of thiophene rings is 1. The summed E-state index contributed by atoms with van der Waals surface area (Å²) >= 11 is 1.19. The van der Waals surface area contributed by atoms with Crippen molar-refractivity contribution in [1.29, 1.82) is 0 Å². The van der Waals surface area contributed by atoms with Crippen LogP contribution in [0.15, 0.2) is 35.7 Å². The Bertz CT molecular complexity index is 795. The van der Waals surface area contributed by atoms with E-state index in [4.69, 9.17) is 4.74 Å². The summed E-state index contributed by atoms with van der Waals surface area (Å²) in [4.78, 5) is 47.5. The number of carbonyl (C=O) groups is 4. The number of methoxy groups -OCH3 is 2. The molecule has 0 saturated heterocycles. The molecule has 0 spiro atoms. The van der Waals surface area contributed by atoms with E-state index in [1.54, 1.807) is 17.5 Å². The highest BCUT2D eigenvalue weighted by molar-refractivity contribution is 7.11. The van der Waals surface area contributed by atoms with Crippen LogP contribution in [0.5, 0.6) is 0 Å². The second-order valence-corrected chi connectivity index (χ2v) is 5.83. The van der Waals surface area contributed by atoms with E-state index in [1.807, 2.05) is 0 Å². The van der Waals surface area contributed by atoms with Crippen molar-refractivity contribution in [2.75, 3.05) is 26.1 Å². The highest BCUT2D eigenvalue weighted by atomic mass is 32.1. The number of hydrogen-bond acceptors (Lipinski definition) is 8. The molecule has 1 N–H and O–H groups in total. The maximum Gasteiger partial charge on any atom is 0.348 e. The van der Waals surface area contributed by atoms with Crippen LogP contribution in [0, 0.1) is 0 Å². The number of rotatable bonds is 6. The van der Waals surface area contributed by atoms with Gasteiger partial charge in [0.15, 0.2) is 6.61 Å². The van der Waals surface area contributed by atoms with E-state index < -0.39 is 30.4 Å². The Morgan fingerprint density at radius 2 is 1.58 bits per heavy atom. The fourth-order valence-corrected chi connectivity index (χ4v) is 2.58. The Morgan fingerprint density at radius 1 is 0.962 bits per heavy atom. The van der Waals surface area contributed by atoms with Gasteiger partial charge in [-0.05, 0) is 29.6 Å². The number of amides is 1. The molecule has 9 heteroatoms. The van der Waals surface area contributed by atoms with Crippen molar-refractivity contribution < 1.29 is 33.4 Å². The smallest absolute Gasteiger partial charge is 0.348 e.